The lowest BCUT2D eigenvalue weighted by molar-refractivity contribution is -0.136. The molecule has 2 N–H and O–H groups in total. The largest absolute Gasteiger partial charge is 0.358 e. The number of carbonyl (C=O) groups excluding carboxylic acids is 4. The molecule has 2 unspecified atom stereocenters. The molecule has 2 saturated heterocycles. The molecule has 4 heterocycles. The molecule has 0 bridgehead atoms. The number of aromatic nitrogens is 1. The Morgan fingerprint density at radius 1 is 1.12 bits per heavy atom. The number of benzene rings is 1. The van der Waals surface area contributed by atoms with Crippen LogP contribution in [0.25, 0.3) is 0 Å². The second kappa shape index (κ2) is 8.36. The fraction of sp³-hybridized carbons (Fsp3) is 0.348. The number of nitrogens with zero attached hydrogens (tertiary/aromatic N) is 3. The first-order valence-corrected chi connectivity index (χ1v) is 10.8. The molecule has 9 nitrogen and oxygen atoms in total. The fourth-order valence-electron chi connectivity index (χ4n) is 4.80. The number of hydrogen-bond acceptors (Lipinski definition) is 7. The minimum Gasteiger partial charge on any atom is -0.358 e. The highest BCUT2D eigenvalue weighted by molar-refractivity contribution is 6.07. The van der Waals surface area contributed by atoms with Crippen LogP contribution in [0.1, 0.15) is 39.1 Å². The third-order valence-corrected chi connectivity index (χ3v) is 6.42. The summed E-state index contributed by atoms with van der Waals surface area (Å²) >= 11 is 0. The molecular formula is C23H22FN5O4. The first-order chi connectivity index (χ1) is 15.9. The Hall–Kier alpha value is -3.66. The number of rotatable bonds is 4. The quantitative estimate of drug-likeness (QED) is 0.518. The molecule has 0 aliphatic carbocycles. The lowest BCUT2D eigenvalue weighted by atomic mass is 9.99. The summed E-state index contributed by atoms with van der Waals surface area (Å²) in [5.74, 6) is -2.06. The number of nitrogens with one attached hydrogen (secondary N) is 2. The molecule has 3 amide bonds. The van der Waals surface area contributed by atoms with Gasteiger partial charge in [-0.05, 0) is 30.7 Å². The van der Waals surface area contributed by atoms with E-state index in [1.165, 1.54) is 17.0 Å². The molecule has 0 saturated carbocycles. The Bertz CT molecular complexity index is 1160. The van der Waals surface area contributed by atoms with Crippen molar-refractivity contribution in [2.45, 2.75) is 31.5 Å². The summed E-state index contributed by atoms with van der Waals surface area (Å²) in [7, 11) is 0. The number of carbonyl (C=O) groups is 4. The highest BCUT2D eigenvalue weighted by Gasteiger charge is 2.42. The van der Waals surface area contributed by atoms with E-state index >= 15 is 0 Å². The van der Waals surface area contributed by atoms with E-state index in [4.69, 9.17) is 0 Å². The van der Waals surface area contributed by atoms with Gasteiger partial charge in [-0.1, -0.05) is 0 Å². The standard InChI is InChI=1S/C23H22FN5O4/c24-14-9-15-16(12-29(23(15)33)17-1-2-20(30)27-22(17)32)18(10-14)28-8-7-26-11-19(28)21(31)13-3-5-25-6-4-13/h3-6,9-10,17,19,26H,1-2,7-8,11-12H2,(H,27,30,32). The number of amides is 3. The normalized spacial score (nSPS) is 22.9. The van der Waals surface area contributed by atoms with E-state index in [0.29, 0.717) is 36.4 Å². The molecule has 5 rings (SSSR count). The van der Waals surface area contributed by atoms with Crippen LogP contribution < -0.4 is 15.5 Å². The average Bonchev–Trinajstić information content (AvgIpc) is 3.14. The number of ketones is 1. The Kier molecular flexibility index (Phi) is 5.37. The van der Waals surface area contributed by atoms with Gasteiger partial charge in [0.05, 0.1) is 0 Å². The van der Waals surface area contributed by atoms with Crippen LogP contribution in [0.4, 0.5) is 10.1 Å². The molecule has 1 aromatic heterocycles. The molecule has 1 aromatic carbocycles. The Morgan fingerprint density at radius 2 is 1.91 bits per heavy atom. The second-order valence-electron chi connectivity index (χ2n) is 8.36. The van der Waals surface area contributed by atoms with Gasteiger partial charge in [-0.3, -0.25) is 29.5 Å². The number of imide groups is 1. The predicted octanol–water partition coefficient (Wildman–Crippen LogP) is 0.643. The van der Waals surface area contributed by atoms with Gasteiger partial charge in [-0.25, -0.2) is 4.39 Å². The van der Waals surface area contributed by atoms with Gasteiger partial charge in [0.25, 0.3) is 5.91 Å². The summed E-state index contributed by atoms with van der Waals surface area (Å²) in [6.45, 7) is 1.52. The smallest absolute Gasteiger partial charge is 0.255 e. The number of Topliss-reactive ketones (excluding diaryl/α,β-unsaturated/α-hetero) is 1. The van der Waals surface area contributed by atoms with Crippen LogP contribution in [-0.4, -0.2) is 65.1 Å². The minimum atomic E-state index is -0.796. The zero-order valence-corrected chi connectivity index (χ0v) is 17.7. The van der Waals surface area contributed by atoms with Crippen molar-refractivity contribution < 1.29 is 23.6 Å². The van der Waals surface area contributed by atoms with Crippen LogP contribution in [0.3, 0.4) is 0 Å². The Labute approximate surface area is 189 Å². The molecular weight excluding hydrogens is 429 g/mol. The van der Waals surface area contributed by atoms with Crippen LogP contribution in [0.2, 0.25) is 0 Å². The first-order valence-electron chi connectivity index (χ1n) is 10.8. The van der Waals surface area contributed by atoms with Crippen molar-refractivity contribution in [2.24, 2.45) is 0 Å². The molecule has 170 valence electrons. The fourth-order valence-corrected chi connectivity index (χ4v) is 4.80. The zero-order chi connectivity index (χ0) is 23.1. The van der Waals surface area contributed by atoms with E-state index in [1.54, 1.807) is 24.5 Å². The van der Waals surface area contributed by atoms with Crippen molar-refractivity contribution in [3.05, 3.63) is 59.2 Å². The topological polar surface area (TPSA) is 112 Å². The van der Waals surface area contributed by atoms with E-state index in [-0.39, 0.29) is 36.6 Å². The van der Waals surface area contributed by atoms with Gasteiger partial charge in [-0.2, -0.15) is 0 Å². The maximum Gasteiger partial charge on any atom is 0.255 e. The van der Waals surface area contributed by atoms with Crippen LogP contribution in [0.5, 0.6) is 0 Å². The average molecular weight is 451 g/mol. The number of halogens is 1. The van der Waals surface area contributed by atoms with Crippen molar-refractivity contribution in [3.8, 4) is 0 Å². The summed E-state index contributed by atoms with van der Waals surface area (Å²) in [4.78, 5) is 57.5. The van der Waals surface area contributed by atoms with Gasteiger partial charge >= 0.3 is 0 Å². The Balaban J connectivity index is 1.50. The lowest BCUT2D eigenvalue weighted by Crippen LogP contribution is -2.55. The van der Waals surface area contributed by atoms with Crippen molar-refractivity contribution in [1.82, 2.24) is 20.5 Å². The Morgan fingerprint density at radius 3 is 2.67 bits per heavy atom. The highest BCUT2D eigenvalue weighted by atomic mass is 19.1. The highest BCUT2D eigenvalue weighted by Crippen LogP contribution is 2.36. The summed E-state index contributed by atoms with van der Waals surface area (Å²) in [5, 5.41) is 5.48. The van der Waals surface area contributed by atoms with Crippen LogP contribution in [0, 0.1) is 5.82 Å². The van der Waals surface area contributed by atoms with Gasteiger partial charge in [0, 0.05) is 67.4 Å². The van der Waals surface area contributed by atoms with E-state index in [2.05, 4.69) is 15.6 Å². The third-order valence-electron chi connectivity index (χ3n) is 6.42. The number of anilines is 1. The predicted molar refractivity (Wildman–Crippen MR) is 115 cm³/mol. The molecule has 0 radical (unpaired) electrons. The molecule has 3 aliphatic rings. The van der Waals surface area contributed by atoms with E-state index in [1.807, 2.05) is 4.90 Å². The zero-order valence-electron chi connectivity index (χ0n) is 17.7. The second-order valence-corrected chi connectivity index (χ2v) is 8.36. The van der Waals surface area contributed by atoms with Crippen LogP contribution >= 0.6 is 0 Å². The molecule has 10 heteroatoms. The molecule has 3 aliphatic heterocycles. The van der Waals surface area contributed by atoms with Crippen molar-refractivity contribution in [2.75, 3.05) is 24.5 Å². The van der Waals surface area contributed by atoms with E-state index in [0.717, 1.165) is 0 Å². The monoisotopic (exact) mass is 451 g/mol. The van der Waals surface area contributed by atoms with E-state index in [9.17, 15) is 23.6 Å². The third kappa shape index (κ3) is 3.76. The summed E-state index contributed by atoms with van der Waals surface area (Å²) in [6.07, 6.45) is 3.45. The molecule has 33 heavy (non-hydrogen) atoms. The van der Waals surface area contributed by atoms with Gasteiger partial charge in [0.1, 0.15) is 17.9 Å². The molecule has 2 atom stereocenters. The first kappa shape index (κ1) is 21.2. The van der Waals surface area contributed by atoms with Crippen LogP contribution in [0.15, 0.2) is 36.7 Å². The molecule has 2 aromatic rings. The van der Waals surface area contributed by atoms with Gasteiger partial charge in [0.2, 0.25) is 11.8 Å². The number of piperazine rings is 1. The van der Waals surface area contributed by atoms with Crippen LogP contribution in [-0.2, 0) is 16.1 Å². The van der Waals surface area contributed by atoms with Crippen molar-refractivity contribution in [1.29, 1.82) is 0 Å². The number of hydrogen-bond donors (Lipinski definition) is 2. The summed E-state index contributed by atoms with van der Waals surface area (Å²) in [5.41, 5.74) is 1.74. The minimum absolute atomic E-state index is 0.107. The lowest BCUT2D eigenvalue weighted by Gasteiger charge is -2.38. The molecule has 0 spiro atoms. The van der Waals surface area contributed by atoms with Crippen molar-refractivity contribution in [3.63, 3.8) is 0 Å². The van der Waals surface area contributed by atoms with Gasteiger partial charge < -0.3 is 15.1 Å². The number of piperidine rings is 1. The maximum atomic E-state index is 14.7. The van der Waals surface area contributed by atoms with Gasteiger partial charge in [-0.15, -0.1) is 0 Å². The van der Waals surface area contributed by atoms with Gasteiger partial charge in [0.15, 0.2) is 5.78 Å². The van der Waals surface area contributed by atoms with E-state index < -0.39 is 29.7 Å². The number of pyridine rings is 1. The van der Waals surface area contributed by atoms with Crippen molar-refractivity contribution >= 4 is 29.2 Å². The number of fused-ring (bicyclic) bond motifs is 1. The molecule has 2 fully saturated rings. The summed E-state index contributed by atoms with van der Waals surface area (Å²) < 4.78 is 14.7. The summed E-state index contributed by atoms with van der Waals surface area (Å²) in [6, 6.07) is 4.41. The maximum absolute atomic E-state index is 14.7. The SMILES string of the molecule is O=C1CCC(N2Cc3c(cc(F)cc3N3CCNCC3C(=O)c3ccncc3)C2=O)C(=O)N1.